The molecule has 2 rings (SSSR count). The molecule has 1 saturated carbocycles. The van der Waals surface area contributed by atoms with Crippen LogP contribution in [0.5, 0.6) is 5.75 Å². The molecule has 0 heterocycles. The van der Waals surface area contributed by atoms with Crippen LogP contribution in [-0.2, 0) is 0 Å². The monoisotopic (exact) mass is 205 g/mol. The van der Waals surface area contributed by atoms with Crippen molar-refractivity contribution in [1.82, 2.24) is 0 Å². The van der Waals surface area contributed by atoms with Crippen molar-refractivity contribution in [3.63, 3.8) is 0 Å². The largest absolute Gasteiger partial charge is 0.493 e. The number of benzene rings is 1. The first-order chi connectivity index (χ1) is 7.29. The van der Waals surface area contributed by atoms with Gasteiger partial charge in [0.15, 0.2) is 0 Å². The Hall–Kier alpha value is -1.02. The second-order valence-corrected chi connectivity index (χ2v) is 4.46. The molecule has 82 valence electrons. The third-order valence-corrected chi connectivity index (χ3v) is 2.96. The molecule has 1 unspecified atom stereocenters. The smallest absolute Gasteiger partial charge is 0.119 e. The first-order valence-corrected chi connectivity index (χ1v) is 5.72. The zero-order valence-electron chi connectivity index (χ0n) is 9.28. The van der Waals surface area contributed by atoms with E-state index in [1.165, 1.54) is 18.4 Å². The summed E-state index contributed by atoms with van der Waals surface area (Å²) in [7, 11) is 0. The van der Waals surface area contributed by atoms with Gasteiger partial charge in [0.2, 0.25) is 0 Å². The summed E-state index contributed by atoms with van der Waals surface area (Å²) in [5.74, 6) is 2.20. The molecule has 0 aliphatic heterocycles. The minimum Gasteiger partial charge on any atom is -0.493 e. The van der Waals surface area contributed by atoms with E-state index >= 15 is 0 Å². The predicted octanol–water partition coefficient (Wildman–Crippen LogP) is 2.54. The highest BCUT2D eigenvalue weighted by atomic mass is 16.5. The van der Waals surface area contributed by atoms with Crippen LogP contribution in [0.25, 0.3) is 0 Å². The molecule has 2 heteroatoms. The lowest BCUT2D eigenvalue weighted by molar-refractivity contribution is 0.299. The molecule has 1 aliphatic carbocycles. The minimum absolute atomic E-state index is 0.412. The van der Waals surface area contributed by atoms with E-state index < -0.39 is 0 Å². The van der Waals surface area contributed by atoms with Gasteiger partial charge in [-0.05, 0) is 48.9 Å². The van der Waals surface area contributed by atoms with E-state index in [0.717, 1.165) is 18.3 Å². The Balaban J connectivity index is 1.97. The SMILES string of the molecule is CC(CN)c1cccc(OCC2CC2)c1. The average Bonchev–Trinajstić information content (AvgIpc) is 3.09. The molecule has 1 fully saturated rings. The Bertz CT molecular complexity index is 320. The van der Waals surface area contributed by atoms with E-state index in [0.29, 0.717) is 12.5 Å². The number of ether oxygens (including phenoxy) is 1. The zero-order valence-corrected chi connectivity index (χ0v) is 9.28. The van der Waals surface area contributed by atoms with Crippen molar-refractivity contribution < 1.29 is 4.74 Å². The molecule has 0 amide bonds. The summed E-state index contributed by atoms with van der Waals surface area (Å²) in [6.45, 7) is 3.70. The highest BCUT2D eigenvalue weighted by Crippen LogP contribution is 2.30. The standard InChI is InChI=1S/C13H19NO/c1-10(8-14)12-3-2-4-13(7-12)15-9-11-5-6-11/h2-4,7,10-11H,5-6,8-9,14H2,1H3. The maximum Gasteiger partial charge on any atom is 0.119 e. The van der Waals surface area contributed by atoms with Gasteiger partial charge in [-0.25, -0.2) is 0 Å². The van der Waals surface area contributed by atoms with Gasteiger partial charge < -0.3 is 10.5 Å². The van der Waals surface area contributed by atoms with Crippen molar-refractivity contribution in [3.8, 4) is 5.75 Å². The first kappa shape index (κ1) is 10.5. The van der Waals surface area contributed by atoms with Crippen LogP contribution in [0, 0.1) is 5.92 Å². The zero-order chi connectivity index (χ0) is 10.7. The maximum absolute atomic E-state index is 5.72. The van der Waals surface area contributed by atoms with E-state index in [-0.39, 0.29) is 0 Å². The van der Waals surface area contributed by atoms with Crippen molar-refractivity contribution in [2.75, 3.05) is 13.2 Å². The summed E-state index contributed by atoms with van der Waals surface area (Å²) >= 11 is 0. The van der Waals surface area contributed by atoms with Crippen molar-refractivity contribution in [1.29, 1.82) is 0 Å². The van der Waals surface area contributed by atoms with Crippen LogP contribution in [0.4, 0.5) is 0 Å². The minimum atomic E-state index is 0.412. The van der Waals surface area contributed by atoms with Crippen molar-refractivity contribution in [3.05, 3.63) is 29.8 Å². The number of rotatable bonds is 5. The van der Waals surface area contributed by atoms with Crippen molar-refractivity contribution in [2.45, 2.75) is 25.7 Å². The Kier molecular flexibility index (Phi) is 3.27. The van der Waals surface area contributed by atoms with Crippen LogP contribution >= 0.6 is 0 Å². The summed E-state index contributed by atoms with van der Waals surface area (Å²) in [6, 6.07) is 8.29. The Morgan fingerprint density at radius 2 is 2.27 bits per heavy atom. The molecule has 15 heavy (non-hydrogen) atoms. The molecule has 1 aromatic rings. The van der Waals surface area contributed by atoms with Crippen LogP contribution in [0.1, 0.15) is 31.2 Å². The van der Waals surface area contributed by atoms with Gasteiger partial charge in [0.25, 0.3) is 0 Å². The van der Waals surface area contributed by atoms with Gasteiger partial charge >= 0.3 is 0 Å². The molecule has 1 aromatic carbocycles. The molecular formula is C13H19NO. The van der Waals surface area contributed by atoms with Gasteiger partial charge in [0, 0.05) is 0 Å². The fourth-order valence-corrected chi connectivity index (χ4v) is 1.55. The van der Waals surface area contributed by atoms with E-state index in [2.05, 4.69) is 19.1 Å². The Morgan fingerprint density at radius 1 is 1.47 bits per heavy atom. The fraction of sp³-hybridized carbons (Fsp3) is 0.538. The normalized spacial score (nSPS) is 17.5. The van der Waals surface area contributed by atoms with Gasteiger partial charge in [0.1, 0.15) is 5.75 Å². The predicted molar refractivity (Wildman–Crippen MR) is 62.1 cm³/mol. The lowest BCUT2D eigenvalue weighted by Crippen LogP contribution is -2.09. The van der Waals surface area contributed by atoms with Crippen LogP contribution in [0.3, 0.4) is 0 Å². The van der Waals surface area contributed by atoms with Crippen molar-refractivity contribution >= 4 is 0 Å². The van der Waals surface area contributed by atoms with E-state index in [9.17, 15) is 0 Å². The first-order valence-electron chi connectivity index (χ1n) is 5.72. The molecule has 2 nitrogen and oxygen atoms in total. The molecule has 0 aromatic heterocycles. The Morgan fingerprint density at radius 3 is 2.93 bits per heavy atom. The molecule has 1 atom stereocenters. The number of nitrogens with two attached hydrogens (primary N) is 1. The van der Waals surface area contributed by atoms with E-state index in [1.807, 2.05) is 12.1 Å². The van der Waals surface area contributed by atoms with Crippen LogP contribution in [-0.4, -0.2) is 13.2 Å². The Labute approximate surface area is 91.4 Å². The highest BCUT2D eigenvalue weighted by molar-refractivity contribution is 5.30. The molecule has 0 spiro atoms. The summed E-state index contributed by atoms with van der Waals surface area (Å²) in [4.78, 5) is 0. The summed E-state index contributed by atoms with van der Waals surface area (Å²) in [5.41, 5.74) is 6.91. The van der Waals surface area contributed by atoms with Crippen LogP contribution < -0.4 is 10.5 Å². The molecule has 0 radical (unpaired) electrons. The molecular weight excluding hydrogens is 186 g/mol. The third kappa shape index (κ3) is 2.96. The lowest BCUT2D eigenvalue weighted by Gasteiger charge is -2.11. The van der Waals surface area contributed by atoms with E-state index in [1.54, 1.807) is 0 Å². The summed E-state index contributed by atoms with van der Waals surface area (Å²) in [6.07, 6.45) is 2.66. The van der Waals surface area contributed by atoms with Gasteiger partial charge in [0.05, 0.1) is 6.61 Å². The van der Waals surface area contributed by atoms with Gasteiger partial charge in [-0.2, -0.15) is 0 Å². The van der Waals surface area contributed by atoms with Crippen molar-refractivity contribution in [2.24, 2.45) is 11.7 Å². The molecule has 1 aliphatic rings. The second-order valence-electron chi connectivity index (χ2n) is 4.46. The van der Waals surface area contributed by atoms with Crippen LogP contribution in [0.2, 0.25) is 0 Å². The van der Waals surface area contributed by atoms with Crippen LogP contribution in [0.15, 0.2) is 24.3 Å². The summed E-state index contributed by atoms with van der Waals surface area (Å²) in [5, 5.41) is 0. The average molecular weight is 205 g/mol. The number of hydrogen-bond acceptors (Lipinski definition) is 2. The van der Waals surface area contributed by atoms with Gasteiger partial charge in [-0.3, -0.25) is 0 Å². The molecule has 2 N–H and O–H groups in total. The van der Waals surface area contributed by atoms with Gasteiger partial charge in [-0.1, -0.05) is 19.1 Å². The fourth-order valence-electron chi connectivity index (χ4n) is 1.55. The highest BCUT2D eigenvalue weighted by Gasteiger charge is 2.21. The quantitative estimate of drug-likeness (QED) is 0.801. The third-order valence-electron chi connectivity index (χ3n) is 2.96. The van der Waals surface area contributed by atoms with E-state index in [4.69, 9.17) is 10.5 Å². The summed E-state index contributed by atoms with van der Waals surface area (Å²) < 4.78 is 5.72. The lowest BCUT2D eigenvalue weighted by atomic mass is 10.0. The maximum atomic E-state index is 5.72. The topological polar surface area (TPSA) is 35.2 Å². The molecule has 0 bridgehead atoms. The molecule has 0 saturated heterocycles. The second kappa shape index (κ2) is 4.67. The number of hydrogen-bond donors (Lipinski definition) is 1. The van der Waals surface area contributed by atoms with Gasteiger partial charge in [-0.15, -0.1) is 0 Å².